The zero-order valence-corrected chi connectivity index (χ0v) is 16.7. The second kappa shape index (κ2) is 7.16. The molecule has 1 aliphatic heterocycles. The van der Waals surface area contributed by atoms with Gasteiger partial charge in [-0.1, -0.05) is 47.3 Å². The van der Waals surface area contributed by atoms with E-state index in [1.165, 1.54) is 30.4 Å². The highest BCUT2D eigenvalue weighted by Crippen LogP contribution is 2.45. The Hall–Kier alpha value is -1.27. The number of aromatic nitrogens is 2. The van der Waals surface area contributed by atoms with Crippen LogP contribution in [0.3, 0.4) is 0 Å². The molecule has 1 atom stereocenters. The average Bonchev–Trinajstić information content (AvgIpc) is 2.83. The fourth-order valence-corrected chi connectivity index (χ4v) is 5.35. The summed E-state index contributed by atoms with van der Waals surface area (Å²) in [6.45, 7) is 2.07. The Bertz CT molecular complexity index is 781. The van der Waals surface area contributed by atoms with Gasteiger partial charge in [0.05, 0.1) is 22.7 Å². The van der Waals surface area contributed by atoms with Crippen molar-refractivity contribution in [3.05, 3.63) is 45.6 Å². The highest BCUT2D eigenvalue weighted by atomic mass is 79.9. The van der Waals surface area contributed by atoms with Gasteiger partial charge >= 0.3 is 0 Å². The summed E-state index contributed by atoms with van der Waals surface area (Å²) in [5.41, 5.74) is 3.42. The molecule has 25 heavy (non-hydrogen) atoms. The lowest BCUT2D eigenvalue weighted by Crippen LogP contribution is -2.20. The van der Waals surface area contributed by atoms with E-state index in [9.17, 15) is 4.79 Å². The first-order chi connectivity index (χ1) is 12.1. The van der Waals surface area contributed by atoms with Gasteiger partial charge in [-0.25, -0.2) is 4.68 Å². The fraction of sp³-hybridized carbons (Fsp3) is 0.474. The van der Waals surface area contributed by atoms with E-state index < -0.39 is 0 Å². The molecule has 2 aromatic rings. The number of nitrogens with zero attached hydrogens (tertiary/aromatic N) is 2. The van der Waals surface area contributed by atoms with E-state index >= 15 is 0 Å². The first kappa shape index (κ1) is 17.2. The first-order valence-electron chi connectivity index (χ1n) is 8.89. The lowest BCUT2D eigenvalue weighted by molar-refractivity contribution is -0.113. The van der Waals surface area contributed by atoms with Crippen molar-refractivity contribution in [2.75, 3.05) is 11.1 Å². The van der Waals surface area contributed by atoms with E-state index in [1.807, 2.05) is 0 Å². The van der Waals surface area contributed by atoms with Crippen molar-refractivity contribution in [1.82, 2.24) is 9.78 Å². The van der Waals surface area contributed by atoms with Gasteiger partial charge in [0.1, 0.15) is 5.82 Å². The number of anilines is 1. The minimum Gasteiger partial charge on any atom is -0.310 e. The van der Waals surface area contributed by atoms with Crippen molar-refractivity contribution in [3.63, 3.8) is 0 Å². The van der Waals surface area contributed by atoms with Gasteiger partial charge in [-0.05, 0) is 37.5 Å². The Morgan fingerprint density at radius 2 is 1.92 bits per heavy atom. The minimum atomic E-state index is 0.0721. The number of nitrogens with one attached hydrogen (secondary N) is 1. The van der Waals surface area contributed by atoms with Crippen molar-refractivity contribution < 1.29 is 4.79 Å². The van der Waals surface area contributed by atoms with Crippen molar-refractivity contribution >= 4 is 39.4 Å². The van der Waals surface area contributed by atoms with Crippen LogP contribution in [0.4, 0.5) is 5.82 Å². The maximum atomic E-state index is 12.3. The number of rotatable bonds is 2. The summed E-state index contributed by atoms with van der Waals surface area (Å²) in [5.74, 6) is 1.47. The van der Waals surface area contributed by atoms with Crippen molar-refractivity contribution in [2.45, 2.75) is 50.3 Å². The Morgan fingerprint density at radius 3 is 2.64 bits per heavy atom. The molecule has 1 unspecified atom stereocenters. The molecular weight excluding hydrogens is 398 g/mol. The zero-order chi connectivity index (χ0) is 17.4. The van der Waals surface area contributed by atoms with Crippen LogP contribution >= 0.6 is 27.7 Å². The second-order valence-corrected chi connectivity index (χ2v) is 8.88. The number of amides is 1. The number of benzene rings is 1. The molecule has 0 spiro atoms. The topological polar surface area (TPSA) is 46.9 Å². The van der Waals surface area contributed by atoms with Crippen molar-refractivity contribution in [2.24, 2.45) is 0 Å². The molecule has 4 rings (SSSR count). The van der Waals surface area contributed by atoms with Gasteiger partial charge in [0, 0.05) is 10.0 Å². The van der Waals surface area contributed by atoms with Gasteiger partial charge in [0.25, 0.3) is 0 Å². The number of carbonyl (C=O) groups is 1. The number of halogens is 1. The molecule has 1 N–H and O–H groups in total. The number of hydrogen-bond donors (Lipinski definition) is 1. The summed E-state index contributed by atoms with van der Waals surface area (Å²) in [6.07, 6.45) is 6.11. The quantitative estimate of drug-likeness (QED) is 0.724. The normalized spacial score (nSPS) is 21.5. The number of fused-ring (bicyclic) bond motifs is 1. The van der Waals surface area contributed by atoms with Crippen LogP contribution in [0.5, 0.6) is 0 Å². The molecule has 6 heteroatoms. The molecule has 1 aromatic heterocycles. The maximum absolute atomic E-state index is 12.3. The number of aryl methyl sites for hydroxylation is 1. The third kappa shape index (κ3) is 3.38. The van der Waals surface area contributed by atoms with Crippen molar-refractivity contribution in [1.29, 1.82) is 0 Å². The highest BCUT2D eigenvalue weighted by molar-refractivity contribution is 9.10. The molecule has 1 saturated carbocycles. The van der Waals surface area contributed by atoms with Crippen LogP contribution in [0, 0.1) is 6.92 Å². The van der Waals surface area contributed by atoms with E-state index in [-0.39, 0.29) is 11.2 Å². The number of thioether (sulfide) groups is 1. The molecule has 1 fully saturated rings. The average molecular weight is 420 g/mol. The Kier molecular flexibility index (Phi) is 4.91. The summed E-state index contributed by atoms with van der Waals surface area (Å²) < 4.78 is 3.18. The van der Waals surface area contributed by atoms with Crippen LogP contribution in [-0.2, 0) is 4.79 Å². The van der Waals surface area contributed by atoms with E-state index in [2.05, 4.69) is 57.1 Å². The van der Waals surface area contributed by atoms with Crippen LogP contribution in [0.25, 0.3) is 0 Å². The smallest absolute Gasteiger partial charge is 0.235 e. The summed E-state index contributed by atoms with van der Waals surface area (Å²) in [7, 11) is 0. The van der Waals surface area contributed by atoms with Gasteiger partial charge in [-0.3, -0.25) is 4.79 Å². The summed E-state index contributed by atoms with van der Waals surface area (Å²) >= 11 is 5.19. The SMILES string of the molecule is Cc1nn(C2CCCCC2)c2c1C(c1ccc(Br)cc1)SCC(=O)N2. The zero-order valence-electron chi connectivity index (χ0n) is 14.3. The van der Waals surface area contributed by atoms with Crippen LogP contribution in [0.1, 0.15) is 60.2 Å². The largest absolute Gasteiger partial charge is 0.310 e. The standard InChI is InChI=1S/C19H22BrN3OS/c1-12-17-18(13-7-9-14(20)10-8-13)25-11-16(24)21-19(17)23(22-12)15-5-3-2-4-6-15/h7-10,15,18H,2-6,11H2,1H3,(H,21,24). The highest BCUT2D eigenvalue weighted by Gasteiger charge is 2.32. The molecule has 1 aliphatic carbocycles. The third-order valence-electron chi connectivity index (χ3n) is 5.13. The predicted molar refractivity (Wildman–Crippen MR) is 106 cm³/mol. The number of carbonyl (C=O) groups excluding carboxylic acids is 1. The summed E-state index contributed by atoms with van der Waals surface area (Å²) in [4.78, 5) is 12.3. The molecule has 0 saturated heterocycles. The van der Waals surface area contributed by atoms with Crippen molar-refractivity contribution in [3.8, 4) is 0 Å². The van der Waals surface area contributed by atoms with E-state index in [4.69, 9.17) is 5.10 Å². The monoisotopic (exact) mass is 419 g/mol. The third-order valence-corrected chi connectivity index (χ3v) is 6.92. The summed E-state index contributed by atoms with van der Waals surface area (Å²) in [5, 5.41) is 8.15. The fourth-order valence-electron chi connectivity index (χ4n) is 3.90. The predicted octanol–water partition coefficient (Wildman–Crippen LogP) is 5.23. The molecular formula is C19H22BrN3OS. The van der Waals surface area contributed by atoms with Gasteiger partial charge in [0.2, 0.25) is 5.91 Å². The lowest BCUT2D eigenvalue weighted by Gasteiger charge is -2.24. The summed E-state index contributed by atoms with van der Waals surface area (Å²) in [6, 6.07) is 8.81. The molecule has 0 radical (unpaired) electrons. The molecule has 0 bridgehead atoms. The number of hydrogen-bond acceptors (Lipinski definition) is 3. The molecule has 4 nitrogen and oxygen atoms in total. The molecule has 2 heterocycles. The van der Waals surface area contributed by atoms with Gasteiger partial charge in [0.15, 0.2) is 0 Å². The minimum absolute atomic E-state index is 0.0721. The van der Waals surface area contributed by atoms with Crippen LogP contribution < -0.4 is 5.32 Å². The van der Waals surface area contributed by atoms with Crippen LogP contribution in [0.15, 0.2) is 28.7 Å². The lowest BCUT2D eigenvalue weighted by atomic mass is 9.95. The molecule has 1 aromatic carbocycles. The van der Waals surface area contributed by atoms with E-state index in [0.717, 1.165) is 28.8 Å². The molecule has 1 amide bonds. The van der Waals surface area contributed by atoms with Gasteiger partial charge < -0.3 is 5.32 Å². The molecule has 132 valence electrons. The first-order valence-corrected chi connectivity index (χ1v) is 10.7. The van der Waals surface area contributed by atoms with Crippen LogP contribution in [0.2, 0.25) is 0 Å². The van der Waals surface area contributed by atoms with Gasteiger partial charge in [-0.2, -0.15) is 5.10 Å². The molecule has 2 aliphatic rings. The Balaban J connectivity index is 1.79. The van der Waals surface area contributed by atoms with Gasteiger partial charge in [-0.15, -0.1) is 11.8 Å². The second-order valence-electron chi connectivity index (χ2n) is 6.87. The van der Waals surface area contributed by atoms with Crippen LogP contribution in [-0.4, -0.2) is 21.4 Å². The Morgan fingerprint density at radius 1 is 1.20 bits per heavy atom. The maximum Gasteiger partial charge on any atom is 0.235 e. The van der Waals surface area contributed by atoms with E-state index in [1.54, 1.807) is 11.8 Å². The Labute approximate surface area is 160 Å². The van der Waals surface area contributed by atoms with E-state index in [0.29, 0.717) is 11.8 Å².